The van der Waals surface area contributed by atoms with Gasteiger partial charge in [0.05, 0.1) is 25.9 Å². The van der Waals surface area contributed by atoms with Crippen LogP contribution in [0.15, 0.2) is 29.4 Å². The molecule has 19 heavy (non-hydrogen) atoms. The van der Waals surface area contributed by atoms with Crippen molar-refractivity contribution in [2.45, 2.75) is 18.5 Å². The molecule has 2 N–H and O–H groups in total. The highest BCUT2D eigenvalue weighted by atomic mass is 16.7. The molecule has 1 saturated heterocycles. The number of benzene rings is 1. The molecule has 0 radical (unpaired) electrons. The Labute approximate surface area is 110 Å². The molecule has 7 heteroatoms. The number of ether oxygens (including phenoxy) is 2. The van der Waals surface area contributed by atoms with E-state index >= 15 is 0 Å². The summed E-state index contributed by atoms with van der Waals surface area (Å²) in [7, 11) is 0. The van der Waals surface area contributed by atoms with Crippen molar-refractivity contribution in [1.29, 1.82) is 0 Å². The minimum atomic E-state index is -1.12. The van der Waals surface area contributed by atoms with E-state index in [0.717, 1.165) is 5.56 Å². The van der Waals surface area contributed by atoms with Gasteiger partial charge in [0.15, 0.2) is 6.29 Å². The fourth-order valence-corrected chi connectivity index (χ4v) is 1.84. The monoisotopic (exact) mass is 265 g/mol. The van der Waals surface area contributed by atoms with Crippen LogP contribution in [0.4, 0.5) is 0 Å². The Hall–Kier alpha value is -1.63. The number of hydrogen-bond donors (Lipinski definition) is 2. The Kier molecular flexibility index (Phi) is 4.73. The number of rotatable bonds is 5. The van der Waals surface area contributed by atoms with Gasteiger partial charge in [-0.15, -0.1) is 0 Å². The van der Waals surface area contributed by atoms with Gasteiger partial charge < -0.3 is 19.7 Å². The number of aliphatic hydroxyl groups excluding tert-OH is 2. The summed E-state index contributed by atoms with van der Waals surface area (Å²) >= 11 is 0. The first-order valence-electron chi connectivity index (χ1n) is 5.92. The smallest absolute Gasteiger partial charge is 0.184 e. The first-order valence-corrected chi connectivity index (χ1v) is 5.92. The summed E-state index contributed by atoms with van der Waals surface area (Å²) in [6.07, 6.45) is -2.58. The van der Waals surface area contributed by atoms with Gasteiger partial charge in [-0.1, -0.05) is 29.4 Å². The van der Waals surface area contributed by atoms with Crippen LogP contribution in [0.2, 0.25) is 0 Å². The summed E-state index contributed by atoms with van der Waals surface area (Å²) in [6, 6.07) is 6.92. The number of azide groups is 1. The molecule has 2 atom stereocenters. The SMILES string of the molecule is [N-]=[N+]=NCC(O)C(O)c1ccc(C2OCCO2)cc1. The highest BCUT2D eigenvalue weighted by Gasteiger charge is 2.20. The Morgan fingerprint density at radius 2 is 1.89 bits per heavy atom. The third-order valence-electron chi connectivity index (χ3n) is 2.87. The van der Waals surface area contributed by atoms with E-state index in [-0.39, 0.29) is 12.8 Å². The van der Waals surface area contributed by atoms with Crippen LogP contribution in [0.1, 0.15) is 23.5 Å². The van der Waals surface area contributed by atoms with E-state index in [1.165, 1.54) is 0 Å². The molecule has 0 amide bonds. The van der Waals surface area contributed by atoms with Crippen molar-refractivity contribution in [3.8, 4) is 0 Å². The Bertz CT molecular complexity index is 453. The molecular weight excluding hydrogens is 250 g/mol. The van der Waals surface area contributed by atoms with E-state index in [2.05, 4.69) is 10.0 Å². The van der Waals surface area contributed by atoms with E-state index < -0.39 is 12.2 Å². The van der Waals surface area contributed by atoms with Gasteiger partial charge in [-0.25, -0.2) is 0 Å². The van der Waals surface area contributed by atoms with Gasteiger partial charge in [-0.2, -0.15) is 0 Å². The van der Waals surface area contributed by atoms with Crippen molar-refractivity contribution in [2.24, 2.45) is 5.11 Å². The summed E-state index contributed by atoms with van der Waals surface area (Å²) < 4.78 is 10.7. The molecular formula is C12H15N3O4. The molecule has 1 heterocycles. The van der Waals surface area contributed by atoms with Gasteiger partial charge in [0, 0.05) is 10.5 Å². The predicted octanol–water partition coefficient (Wildman–Crippen LogP) is 1.44. The van der Waals surface area contributed by atoms with E-state index in [9.17, 15) is 10.2 Å². The van der Waals surface area contributed by atoms with Crippen LogP contribution >= 0.6 is 0 Å². The topological polar surface area (TPSA) is 108 Å². The zero-order valence-corrected chi connectivity index (χ0v) is 10.2. The van der Waals surface area contributed by atoms with Crippen molar-refractivity contribution in [2.75, 3.05) is 19.8 Å². The normalized spacial score (nSPS) is 18.8. The lowest BCUT2D eigenvalue weighted by Crippen LogP contribution is -2.21. The fourth-order valence-electron chi connectivity index (χ4n) is 1.84. The quantitative estimate of drug-likeness (QED) is 0.477. The van der Waals surface area contributed by atoms with Gasteiger partial charge in [0.2, 0.25) is 0 Å². The van der Waals surface area contributed by atoms with Crippen LogP contribution in [0.3, 0.4) is 0 Å². The molecule has 0 aliphatic carbocycles. The summed E-state index contributed by atoms with van der Waals surface area (Å²) in [5.74, 6) is 0. The van der Waals surface area contributed by atoms with E-state index in [4.69, 9.17) is 15.0 Å². The second kappa shape index (κ2) is 6.51. The second-order valence-electron chi connectivity index (χ2n) is 4.17. The molecule has 1 aliphatic heterocycles. The molecule has 1 aromatic carbocycles. The lowest BCUT2D eigenvalue weighted by Gasteiger charge is -2.17. The summed E-state index contributed by atoms with van der Waals surface area (Å²) in [5.41, 5.74) is 9.57. The highest BCUT2D eigenvalue weighted by molar-refractivity contribution is 5.25. The number of hydrogen-bond acceptors (Lipinski definition) is 5. The molecule has 1 fully saturated rings. The average Bonchev–Trinajstić information content (AvgIpc) is 2.98. The maximum Gasteiger partial charge on any atom is 0.184 e. The summed E-state index contributed by atoms with van der Waals surface area (Å²) in [4.78, 5) is 2.54. The number of aliphatic hydroxyl groups is 2. The van der Waals surface area contributed by atoms with E-state index in [1.54, 1.807) is 24.3 Å². The van der Waals surface area contributed by atoms with Crippen molar-refractivity contribution in [3.05, 3.63) is 45.8 Å². The van der Waals surface area contributed by atoms with Crippen LogP contribution in [-0.2, 0) is 9.47 Å². The molecule has 102 valence electrons. The van der Waals surface area contributed by atoms with Crippen molar-refractivity contribution in [1.82, 2.24) is 0 Å². The lowest BCUT2D eigenvalue weighted by atomic mass is 10.0. The molecule has 1 aromatic rings. The largest absolute Gasteiger partial charge is 0.390 e. The molecule has 1 aliphatic rings. The van der Waals surface area contributed by atoms with Crippen molar-refractivity contribution < 1.29 is 19.7 Å². The highest BCUT2D eigenvalue weighted by Crippen LogP contribution is 2.25. The fraction of sp³-hybridized carbons (Fsp3) is 0.500. The van der Waals surface area contributed by atoms with E-state index in [0.29, 0.717) is 18.8 Å². The molecule has 2 rings (SSSR count). The zero-order chi connectivity index (χ0) is 13.7. The van der Waals surface area contributed by atoms with Crippen LogP contribution in [0.25, 0.3) is 10.4 Å². The molecule has 7 nitrogen and oxygen atoms in total. The van der Waals surface area contributed by atoms with Crippen molar-refractivity contribution >= 4 is 0 Å². The Balaban J connectivity index is 2.02. The minimum Gasteiger partial charge on any atom is -0.390 e. The molecule has 0 spiro atoms. The van der Waals surface area contributed by atoms with Crippen LogP contribution in [0, 0.1) is 0 Å². The third kappa shape index (κ3) is 3.44. The first-order chi connectivity index (χ1) is 9.22. The molecule has 2 unspecified atom stereocenters. The van der Waals surface area contributed by atoms with Crippen LogP contribution in [-0.4, -0.2) is 36.1 Å². The van der Waals surface area contributed by atoms with E-state index in [1.807, 2.05) is 0 Å². The van der Waals surface area contributed by atoms with Gasteiger partial charge in [-0.05, 0) is 11.1 Å². The third-order valence-corrected chi connectivity index (χ3v) is 2.87. The maximum atomic E-state index is 9.88. The molecule has 0 bridgehead atoms. The zero-order valence-electron chi connectivity index (χ0n) is 10.2. The summed E-state index contributed by atoms with van der Waals surface area (Å²) in [5, 5.41) is 22.7. The lowest BCUT2D eigenvalue weighted by molar-refractivity contribution is -0.0441. The number of nitrogens with zero attached hydrogens (tertiary/aromatic N) is 3. The molecule has 0 aromatic heterocycles. The first kappa shape index (κ1) is 13.8. The van der Waals surface area contributed by atoms with Gasteiger partial charge in [0.25, 0.3) is 0 Å². The Morgan fingerprint density at radius 3 is 2.47 bits per heavy atom. The van der Waals surface area contributed by atoms with Gasteiger partial charge >= 0.3 is 0 Å². The Morgan fingerprint density at radius 1 is 1.26 bits per heavy atom. The van der Waals surface area contributed by atoms with Crippen LogP contribution in [0.5, 0.6) is 0 Å². The van der Waals surface area contributed by atoms with Crippen molar-refractivity contribution in [3.63, 3.8) is 0 Å². The van der Waals surface area contributed by atoms with Gasteiger partial charge in [0.1, 0.15) is 6.10 Å². The average molecular weight is 265 g/mol. The van der Waals surface area contributed by atoms with Crippen LogP contribution < -0.4 is 0 Å². The molecule has 0 saturated carbocycles. The standard InChI is InChI=1S/C12H15N3O4/c13-15-14-7-10(16)11(17)8-1-3-9(4-2-8)12-18-5-6-19-12/h1-4,10-12,16-17H,5-7H2. The van der Waals surface area contributed by atoms with Gasteiger partial charge in [-0.3, -0.25) is 0 Å². The second-order valence-corrected chi connectivity index (χ2v) is 4.17. The predicted molar refractivity (Wildman–Crippen MR) is 66.1 cm³/mol. The summed E-state index contributed by atoms with van der Waals surface area (Å²) in [6.45, 7) is 0.966. The minimum absolute atomic E-state index is 0.172. The maximum absolute atomic E-state index is 9.88.